The number of rotatable bonds is 7. The van der Waals surface area contributed by atoms with Crippen LogP contribution in [0.25, 0.3) is 0 Å². The van der Waals surface area contributed by atoms with Gasteiger partial charge < -0.3 is 31.3 Å². The second-order valence-corrected chi connectivity index (χ2v) is 6.16. The number of benzene rings is 1. The van der Waals surface area contributed by atoms with Crippen molar-refractivity contribution in [2.45, 2.75) is 13.5 Å². The number of para-hydroxylation sites is 2. The molecule has 1 aromatic carbocycles. The topological polar surface area (TPSA) is 51.0 Å². The molecule has 6 nitrogen and oxygen atoms in total. The summed E-state index contributed by atoms with van der Waals surface area (Å²) in [5.41, 5.74) is 0.778. The summed E-state index contributed by atoms with van der Waals surface area (Å²) in [6.45, 7) is 8.28. The molecule has 0 amide bonds. The Morgan fingerprint density at radius 1 is 1.08 bits per heavy atom. The summed E-state index contributed by atoms with van der Waals surface area (Å²) in [7, 11) is 2.16. The van der Waals surface area contributed by atoms with E-state index in [0.29, 0.717) is 13.2 Å². The van der Waals surface area contributed by atoms with Gasteiger partial charge >= 0.3 is 0 Å². The van der Waals surface area contributed by atoms with Crippen molar-refractivity contribution in [3.05, 3.63) is 41.8 Å². The Balaban J connectivity index is 0.00000225. The van der Waals surface area contributed by atoms with E-state index in [0.717, 1.165) is 55.7 Å². The van der Waals surface area contributed by atoms with Gasteiger partial charge in [-0.25, -0.2) is 0 Å². The number of piperazine rings is 1. The maximum absolute atomic E-state index is 5.94. The van der Waals surface area contributed by atoms with Gasteiger partial charge in [-0.1, -0.05) is 17.3 Å². The molecule has 1 aromatic heterocycles. The first-order valence-corrected chi connectivity index (χ1v) is 8.38. The van der Waals surface area contributed by atoms with Crippen LogP contribution in [-0.4, -0.2) is 61.3 Å². The molecule has 0 spiro atoms. The molecule has 25 heavy (non-hydrogen) atoms. The standard InChI is InChI=1S/C18H25N3O3.ClH/c1-15-13-16(19-24-15)14-23-18-6-4-3-5-17(18)22-12-11-21-9-7-20(2)8-10-21;/h3-6,13H,7-12,14H2,1-2H3;1H/p-1. The molecule has 2 aromatic rings. The predicted molar refractivity (Wildman–Crippen MR) is 91.4 cm³/mol. The van der Waals surface area contributed by atoms with Crippen molar-refractivity contribution in [1.29, 1.82) is 0 Å². The zero-order valence-electron chi connectivity index (χ0n) is 14.8. The van der Waals surface area contributed by atoms with E-state index < -0.39 is 0 Å². The molecular formula is C18H25ClN3O3-. The van der Waals surface area contributed by atoms with Crippen LogP contribution >= 0.6 is 0 Å². The van der Waals surface area contributed by atoms with Crippen molar-refractivity contribution < 1.29 is 26.4 Å². The van der Waals surface area contributed by atoms with E-state index >= 15 is 0 Å². The van der Waals surface area contributed by atoms with Crippen molar-refractivity contribution in [3.8, 4) is 11.5 Å². The zero-order chi connectivity index (χ0) is 16.8. The monoisotopic (exact) mass is 366 g/mol. The van der Waals surface area contributed by atoms with Gasteiger partial charge in [-0.3, -0.25) is 4.90 Å². The van der Waals surface area contributed by atoms with E-state index in [2.05, 4.69) is 22.0 Å². The minimum atomic E-state index is 0. The second kappa shape index (κ2) is 9.65. The molecule has 1 fully saturated rings. The van der Waals surface area contributed by atoms with E-state index in [-0.39, 0.29) is 12.4 Å². The van der Waals surface area contributed by atoms with Crippen LogP contribution in [-0.2, 0) is 6.61 Å². The minimum Gasteiger partial charge on any atom is -1.00 e. The molecule has 7 heteroatoms. The van der Waals surface area contributed by atoms with Gasteiger partial charge in [0.1, 0.15) is 24.7 Å². The molecule has 138 valence electrons. The highest BCUT2D eigenvalue weighted by atomic mass is 35.5. The summed E-state index contributed by atoms with van der Waals surface area (Å²) in [4.78, 5) is 4.79. The lowest BCUT2D eigenvalue weighted by atomic mass is 10.3. The third kappa shape index (κ3) is 5.92. The normalized spacial score (nSPS) is 15.6. The molecule has 1 aliphatic heterocycles. The van der Waals surface area contributed by atoms with Crippen LogP contribution in [0.3, 0.4) is 0 Å². The van der Waals surface area contributed by atoms with Crippen molar-refractivity contribution >= 4 is 0 Å². The molecule has 2 heterocycles. The third-order valence-electron chi connectivity index (χ3n) is 4.16. The largest absolute Gasteiger partial charge is 1.00 e. The lowest BCUT2D eigenvalue weighted by Gasteiger charge is -2.32. The van der Waals surface area contributed by atoms with Crippen LogP contribution in [0.2, 0.25) is 0 Å². The minimum absolute atomic E-state index is 0. The SMILES string of the molecule is Cc1cc(COc2ccccc2OCCN2CCN(C)CC2)no1.[Cl-]. The van der Waals surface area contributed by atoms with Crippen LogP contribution in [0.5, 0.6) is 11.5 Å². The number of aryl methyl sites for hydroxylation is 1. The van der Waals surface area contributed by atoms with E-state index in [4.69, 9.17) is 14.0 Å². The average Bonchev–Trinajstić information content (AvgIpc) is 3.01. The molecular weight excluding hydrogens is 342 g/mol. The highest BCUT2D eigenvalue weighted by Gasteiger charge is 2.14. The number of likely N-dealkylation sites (N-methyl/N-ethyl adjacent to an activating group) is 1. The number of hydrogen-bond acceptors (Lipinski definition) is 6. The van der Waals surface area contributed by atoms with Gasteiger partial charge in [0.25, 0.3) is 0 Å². The predicted octanol–water partition coefficient (Wildman–Crippen LogP) is -0.808. The lowest BCUT2D eigenvalue weighted by Crippen LogP contribution is -3.00. The summed E-state index contributed by atoms with van der Waals surface area (Å²) in [5, 5.41) is 3.94. The molecule has 0 aliphatic carbocycles. The van der Waals surface area contributed by atoms with E-state index in [1.54, 1.807) is 0 Å². The summed E-state index contributed by atoms with van der Waals surface area (Å²) in [5.74, 6) is 2.29. The van der Waals surface area contributed by atoms with Crippen LogP contribution in [0.1, 0.15) is 11.5 Å². The number of hydrogen-bond donors (Lipinski definition) is 0. The second-order valence-electron chi connectivity index (χ2n) is 6.16. The number of ether oxygens (including phenoxy) is 2. The van der Waals surface area contributed by atoms with Crippen molar-refractivity contribution in [2.75, 3.05) is 46.4 Å². The molecule has 0 atom stereocenters. The summed E-state index contributed by atoms with van der Waals surface area (Å²) < 4.78 is 16.8. The molecule has 3 rings (SSSR count). The summed E-state index contributed by atoms with van der Waals surface area (Å²) >= 11 is 0. The molecule has 0 bridgehead atoms. The maximum atomic E-state index is 5.94. The molecule has 0 N–H and O–H groups in total. The van der Waals surface area contributed by atoms with Crippen LogP contribution in [0.4, 0.5) is 0 Å². The van der Waals surface area contributed by atoms with E-state index in [1.807, 2.05) is 37.3 Å². The first-order chi connectivity index (χ1) is 11.7. The highest BCUT2D eigenvalue weighted by Crippen LogP contribution is 2.27. The van der Waals surface area contributed by atoms with E-state index in [1.165, 1.54) is 0 Å². The first kappa shape index (κ1) is 19.6. The Kier molecular flexibility index (Phi) is 7.55. The van der Waals surface area contributed by atoms with Gasteiger partial charge in [0, 0.05) is 38.8 Å². The average molecular weight is 367 g/mol. The smallest absolute Gasteiger partial charge is 0.161 e. The molecule has 0 unspecified atom stereocenters. The fourth-order valence-electron chi connectivity index (χ4n) is 2.68. The lowest BCUT2D eigenvalue weighted by molar-refractivity contribution is -0.00000626. The number of aromatic nitrogens is 1. The Morgan fingerprint density at radius 2 is 1.76 bits per heavy atom. The molecule has 1 saturated heterocycles. The number of nitrogens with zero attached hydrogens (tertiary/aromatic N) is 3. The molecule has 0 radical (unpaired) electrons. The van der Waals surface area contributed by atoms with Gasteiger partial charge in [-0.05, 0) is 26.1 Å². The fourth-order valence-corrected chi connectivity index (χ4v) is 2.68. The molecule has 0 saturated carbocycles. The maximum Gasteiger partial charge on any atom is 0.161 e. The Morgan fingerprint density at radius 3 is 2.40 bits per heavy atom. The summed E-state index contributed by atoms with van der Waals surface area (Å²) in [6.07, 6.45) is 0. The van der Waals surface area contributed by atoms with Crippen molar-refractivity contribution in [3.63, 3.8) is 0 Å². The Bertz CT molecular complexity index is 642. The quantitative estimate of drug-likeness (QED) is 0.639. The number of halogens is 1. The third-order valence-corrected chi connectivity index (χ3v) is 4.16. The van der Waals surface area contributed by atoms with E-state index in [9.17, 15) is 0 Å². The van der Waals surface area contributed by atoms with Crippen molar-refractivity contribution in [2.24, 2.45) is 0 Å². The zero-order valence-corrected chi connectivity index (χ0v) is 15.5. The van der Waals surface area contributed by atoms with Gasteiger partial charge in [0.2, 0.25) is 0 Å². The van der Waals surface area contributed by atoms with Gasteiger partial charge in [0.05, 0.1) is 0 Å². The molecule has 1 aliphatic rings. The Hall–Kier alpha value is -1.76. The first-order valence-electron chi connectivity index (χ1n) is 8.38. The van der Waals surface area contributed by atoms with Gasteiger partial charge in [-0.2, -0.15) is 0 Å². The Labute approximate surface area is 155 Å². The van der Waals surface area contributed by atoms with Crippen LogP contribution < -0.4 is 21.9 Å². The van der Waals surface area contributed by atoms with Gasteiger partial charge in [-0.15, -0.1) is 0 Å². The van der Waals surface area contributed by atoms with Crippen molar-refractivity contribution in [1.82, 2.24) is 15.0 Å². The van der Waals surface area contributed by atoms with Crippen LogP contribution in [0, 0.1) is 6.92 Å². The fraction of sp³-hybridized carbons (Fsp3) is 0.500. The highest BCUT2D eigenvalue weighted by molar-refractivity contribution is 5.39. The van der Waals surface area contributed by atoms with Crippen LogP contribution in [0.15, 0.2) is 34.9 Å². The summed E-state index contributed by atoms with van der Waals surface area (Å²) in [6, 6.07) is 9.62. The van der Waals surface area contributed by atoms with Gasteiger partial charge in [0.15, 0.2) is 11.5 Å².